The van der Waals surface area contributed by atoms with Gasteiger partial charge in [0.15, 0.2) is 0 Å². The van der Waals surface area contributed by atoms with Crippen molar-refractivity contribution in [2.45, 2.75) is 46.1 Å². The van der Waals surface area contributed by atoms with Crippen LogP contribution in [-0.2, 0) is 4.79 Å². The number of carbonyl (C=O) groups is 1. The Labute approximate surface area is 116 Å². The Kier molecular flexibility index (Phi) is 7.09. The third-order valence-electron chi connectivity index (χ3n) is 3.14. The van der Waals surface area contributed by atoms with E-state index in [0.717, 1.165) is 23.1 Å². The first-order valence-corrected chi connectivity index (χ1v) is 6.55. The Bertz CT molecular complexity index is 430. The van der Waals surface area contributed by atoms with Crippen LogP contribution < -0.4 is 11.5 Å². The highest BCUT2D eigenvalue weighted by Crippen LogP contribution is 2.32. The molecule has 0 aromatic carbocycles. The van der Waals surface area contributed by atoms with E-state index in [1.165, 1.54) is 6.08 Å². The summed E-state index contributed by atoms with van der Waals surface area (Å²) >= 11 is 0. The van der Waals surface area contributed by atoms with Gasteiger partial charge in [-0.05, 0) is 39.2 Å². The average molecular weight is 262 g/mol. The van der Waals surface area contributed by atoms with E-state index >= 15 is 0 Å². The van der Waals surface area contributed by atoms with E-state index in [2.05, 4.69) is 13.5 Å². The highest BCUT2D eigenvalue weighted by atomic mass is 16.1. The smallest absolute Gasteiger partial charge is 0.241 e. The molecule has 0 aromatic heterocycles. The molecule has 0 aliphatic heterocycles. The molecule has 106 valence electrons. The molecule has 0 aromatic rings. The topological polar surface area (TPSA) is 69.1 Å². The van der Waals surface area contributed by atoms with Crippen molar-refractivity contribution in [3.63, 3.8) is 0 Å². The van der Waals surface area contributed by atoms with Crippen molar-refractivity contribution in [2.75, 3.05) is 0 Å². The molecule has 0 heterocycles. The van der Waals surface area contributed by atoms with Gasteiger partial charge in [0.05, 0.1) is 5.54 Å². The van der Waals surface area contributed by atoms with Gasteiger partial charge in [-0.3, -0.25) is 4.79 Å². The lowest BCUT2D eigenvalue weighted by molar-refractivity contribution is -0.113. The summed E-state index contributed by atoms with van der Waals surface area (Å²) in [6, 6.07) is 0. The Morgan fingerprint density at radius 1 is 1.26 bits per heavy atom. The molecule has 0 bridgehead atoms. The van der Waals surface area contributed by atoms with Gasteiger partial charge in [-0.2, -0.15) is 0 Å². The van der Waals surface area contributed by atoms with Crippen LogP contribution in [0.4, 0.5) is 0 Å². The van der Waals surface area contributed by atoms with Gasteiger partial charge in [-0.25, -0.2) is 0 Å². The molecule has 0 fully saturated rings. The van der Waals surface area contributed by atoms with Crippen LogP contribution in [0.5, 0.6) is 0 Å². The molecule has 0 rings (SSSR count). The molecule has 0 spiro atoms. The zero-order valence-corrected chi connectivity index (χ0v) is 12.5. The van der Waals surface area contributed by atoms with Gasteiger partial charge in [0, 0.05) is 6.08 Å². The van der Waals surface area contributed by atoms with E-state index in [4.69, 9.17) is 11.5 Å². The summed E-state index contributed by atoms with van der Waals surface area (Å²) in [4.78, 5) is 10.9. The lowest BCUT2D eigenvalue weighted by Gasteiger charge is -2.34. The van der Waals surface area contributed by atoms with Gasteiger partial charge >= 0.3 is 0 Å². The Balaban J connectivity index is 5.69. The van der Waals surface area contributed by atoms with Gasteiger partial charge in [0.1, 0.15) is 0 Å². The van der Waals surface area contributed by atoms with Crippen molar-refractivity contribution in [2.24, 2.45) is 11.5 Å². The highest BCUT2D eigenvalue weighted by Gasteiger charge is 2.31. The number of amides is 1. The molecule has 0 saturated carbocycles. The van der Waals surface area contributed by atoms with Crippen molar-refractivity contribution in [1.82, 2.24) is 0 Å². The summed E-state index contributed by atoms with van der Waals surface area (Å²) in [5.74, 6) is -0.476. The average Bonchev–Trinajstić information content (AvgIpc) is 2.29. The zero-order chi connectivity index (χ0) is 15.1. The fourth-order valence-corrected chi connectivity index (χ4v) is 2.33. The fourth-order valence-electron chi connectivity index (χ4n) is 2.33. The van der Waals surface area contributed by atoms with Crippen molar-refractivity contribution in [3.05, 3.63) is 47.6 Å². The van der Waals surface area contributed by atoms with Gasteiger partial charge in [-0.15, -0.1) is 6.58 Å². The Morgan fingerprint density at radius 3 is 2.16 bits per heavy atom. The predicted molar refractivity (Wildman–Crippen MR) is 82.5 cm³/mol. The maximum absolute atomic E-state index is 10.9. The molecule has 19 heavy (non-hydrogen) atoms. The Morgan fingerprint density at radius 2 is 1.84 bits per heavy atom. The largest absolute Gasteiger partial charge is 0.366 e. The molecule has 1 amide bonds. The minimum atomic E-state index is -0.629. The number of hydrogen-bond acceptors (Lipinski definition) is 2. The SMILES string of the molecule is C=C(C)C[C@](N)(C(/C=C\C(N)=O)=C\C)/C(=C/C)CC. The van der Waals surface area contributed by atoms with Crippen LogP contribution in [-0.4, -0.2) is 11.4 Å². The normalized spacial score (nSPS) is 16.5. The predicted octanol–water partition coefficient (Wildman–Crippen LogP) is 2.99. The molecule has 3 heteroatoms. The first-order chi connectivity index (χ1) is 8.81. The molecule has 0 radical (unpaired) electrons. The highest BCUT2D eigenvalue weighted by molar-refractivity contribution is 5.86. The number of nitrogens with two attached hydrogens (primary N) is 2. The van der Waals surface area contributed by atoms with Crippen LogP contribution in [0.1, 0.15) is 40.5 Å². The second-order valence-electron chi connectivity index (χ2n) is 4.75. The van der Waals surface area contributed by atoms with Gasteiger partial charge in [0.25, 0.3) is 0 Å². The van der Waals surface area contributed by atoms with Crippen LogP contribution >= 0.6 is 0 Å². The summed E-state index contributed by atoms with van der Waals surface area (Å²) in [6.45, 7) is 11.9. The van der Waals surface area contributed by atoms with Crippen molar-refractivity contribution in [1.29, 1.82) is 0 Å². The molecular weight excluding hydrogens is 236 g/mol. The Hall–Kier alpha value is -1.61. The summed E-state index contributed by atoms with van der Waals surface area (Å²) in [5, 5.41) is 0. The monoisotopic (exact) mass is 262 g/mol. The minimum Gasteiger partial charge on any atom is -0.366 e. The van der Waals surface area contributed by atoms with Gasteiger partial charge in [0.2, 0.25) is 5.91 Å². The number of primary amides is 1. The molecule has 0 aliphatic carbocycles. The third-order valence-corrected chi connectivity index (χ3v) is 3.14. The van der Waals surface area contributed by atoms with Crippen molar-refractivity contribution in [3.8, 4) is 0 Å². The van der Waals surface area contributed by atoms with E-state index in [9.17, 15) is 4.79 Å². The quantitative estimate of drug-likeness (QED) is 0.420. The minimum absolute atomic E-state index is 0.476. The first kappa shape index (κ1) is 17.4. The molecule has 0 aliphatic rings. The van der Waals surface area contributed by atoms with Crippen LogP contribution in [0, 0.1) is 0 Å². The summed E-state index contributed by atoms with van der Waals surface area (Å²) in [5.41, 5.74) is 14.1. The van der Waals surface area contributed by atoms with Gasteiger partial charge in [-0.1, -0.05) is 36.3 Å². The number of carbonyl (C=O) groups excluding carboxylic acids is 1. The number of hydrogen-bond donors (Lipinski definition) is 2. The molecule has 1 atom stereocenters. The molecular formula is C16H26N2O. The molecule has 0 saturated heterocycles. The van der Waals surface area contributed by atoms with Crippen LogP contribution in [0.3, 0.4) is 0 Å². The van der Waals surface area contributed by atoms with Crippen molar-refractivity contribution < 1.29 is 4.79 Å². The second-order valence-corrected chi connectivity index (χ2v) is 4.75. The standard InChI is InChI=1S/C16H26N2O/c1-6-13(7-2)16(18,11-12(4)5)14(8-3)9-10-15(17)19/h6,8-10H,4,7,11,18H2,1-3,5H3,(H2,17,19)/b10-9-,13-6+,14-8-/t16-/m1/s1. The van der Waals surface area contributed by atoms with E-state index < -0.39 is 11.4 Å². The van der Waals surface area contributed by atoms with Crippen molar-refractivity contribution >= 4 is 5.91 Å². The zero-order valence-electron chi connectivity index (χ0n) is 12.5. The lowest BCUT2D eigenvalue weighted by Crippen LogP contribution is -2.43. The second kappa shape index (κ2) is 7.74. The molecule has 4 N–H and O–H groups in total. The molecule has 3 nitrogen and oxygen atoms in total. The number of rotatable bonds is 7. The van der Waals surface area contributed by atoms with Crippen LogP contribution in [0.25, 0.3) is 0 Å². The van der Waals surface area contributed by atoms with Crippen LogP contribution in [0.2, 0.25) is 0 Å². The summed E-state index contributed by atoms with van der Waals surface area (Å²) in [6.07, 6.45) is 8.49. The van der Waals surface area contributed by atoms with Crippen LogP contribution in [0.15, 0.2) is 47.6 Å². The van der Waals surface area contributed by atoms with Gasteiger partial charge < -0.3 is 11.5 Å². The van der Waals surface area contributed by atoms with E-state index in [1.807, 2.05) is 32.9 Å². The maximum atomic E-state index is 10.9. The summed E-state index contributed by atoms with van der Waals surface area (Å²) in [7, 11) is 0. The van der Waals surface area contributed by atoms with E-state index in [1.54, 1.807) is 6.08 Å². The third kappa shape index (κ3) is 4.87. The maximum Gasteiger partial charge on any atom is 0.241 e. The summed E-state index contributed by atoms with van der Waals surface area (Å²) < 4.78 is 0. The first-order valence-electron chi connectivity index (χ1n) is 6.55. The molecule has 0 unspecified atom stereocenters. The van der Waals surface area contributed by atoms with E-state index in [0.29, 0.717) is 6.42 Å². The number of allylic oxidation sites excluding steroid dienone is 2. The lowest BCUT2D eigenvalue weighted by atomic mass is 9.77. The fraction of sp³-hybridized carbons (Fsp3) is 0.438. The van der Waals surface area contributed by atoms with E-state index in [-0.39, 0.29) is 0 Å².